The Morgan fingerprint density at radius 1 is 1.06 bits per heavy atom. The number of benzene rings is 3. The highest BCUT2D eigenvalue weighted by molar-refractivity contribution is 5.94. The predicted octanol–water partition coefficient (Wildman–Crippen LogP) is 6.59. The molecule has 0 aromatic heterocycles. The van der Waals surface area contributed by atoms with Gasteiger partial charge in [-0.1, -0.05) is 56.2 Å². The molecular weight excluding hydrogens is 657 g/mol. The van der Waals surface area contributed by atoms with E-state index in [1.807, 2.05) is 38.1 Å². The second-order valence-corrected chi connectivity index (χ2v) is 14.6. The van der Waals surface area contributed by atoms with Crippen molar-refractivity contribution < 1.29 is 37.0 Å². The normalized spacial score (nSPS) is 26.0. The highest BCUT2D eigenvalue weighted by Crippen LogP contribution is 2.67. The lowest BCUT2D eigenvalue weighted by atomic mass is 9.48. The van der Waals surface area contributed by atoms with Gasteiger partial charge in [-0.3, -0.25) is 14.5 Å². The van der Waals surface area contributed by atoms with Gasteiger partial charge in [-0.25, -0.2) is 0 Å². The van der Waals surface area contributed by atoms with Gasteiger partial charge in [-0.2, -0.15) is 13.2 Å². The number of piperidine rings is 1. The molecule has 7 nitrogen and oxygen atoms in total. The number of likely N-dealkylation sites (tertiary alicyclic amines) is 1. The molecule has 1 spiro atoms. The summed E-state index contributed by atoms with van der Waals surface area (Å²) >= 11 is 0. The molecular formula is C41H43F3N2O5. The maximum Gasteiger partial charge on any atom is 0.416 e. The molecule has 0 unspecified atom stereocenters. The zero-order chi connectivity index (χ0) is 36.1. The van der Waals surface area contributed by atoms with Gasteiger partial charge >= 0.3 is 12.1 Å². The van der Waals surface area contributed by atoms with E-state index in [1.165, 1.54) is 24.6 Å². The summed E-state index contributed by atoms with van der Waals surface area (Å²) in [5.41, 5.74) is 1.28. The minimum absolute atomic E-state index is 0.0901. The van der Waals surface area contributed by atoms with Crippen molar-refractivity contribution in [2.45, 2.75) is 88.3 Å². The molecule has 1 saturated heterocycles. The molecule has 51 heavy (non-hydrogen) atoms. The molecule has 2 aliphatic heterocycles. The van der Waals surface area contributed by atoms with Crippen molar-refractivity contribution in [3.63, 3.8) is 0 Å². The van der Waals surface area contributed by atoms with E-state index in [-0.39, 0.29) is 17.9 Å². The smallest absolute Gasteiger partial charge is 0.416 e. The Labute approximate surface area is 297 Å². The Morgan fingerprint density at radius 3 is 2.47 bits per heavy atom. The third-order valence-electron chi connectivity index (χ3n) is 11.3. The van der Waals surface area contributed by atoms with Crippen molar-refractivity contribution in [3.8, 4) is 23.3 Å². The van der Waals surface area contributed by atoms with Crippen LogP contribution in [-0.2, 0) is 38.8 Å². The van der Waals surface area contributed by atoms with Gasteiger partial charge < -0.3 is 19.1 Å². The van der Waals surface area contributed by atoms with Crippen LogP contribution in [0, 0.1) is 17.8 Å². The summed E-state index contributed by atoms with van der Waals surface area (Å²) in [5.74, 6) is 6.10. The van der Waals surface area contributed by atoms with E-state index in [0.29, 0.717) is 49.3 Å². The van der Waals surface area contributed by atoms with Gasteiger partial charge in [0.1, 0.15) is 11.7 Å². The van der Waals surface area contributed by atoms with E-state index >= 15 is 0 Å². The second-order valence-electron chi connectivity index (χ2n) is 14.6. The minimum atomic E-state index is -4.46. The van der Waals surface area contributed by atoms with Crippen LogP contribution >= 0.6 is 0 Å². The summed E-state index contributed by atoms with van der Waals surface area (Å²) in [6.07, 6.45) is -1.79. The molecule has 2 fully saturated rings. The van der Waals surface area contributed by atoms with Crippen LogP contribution in [0.4, 0.5) is 13.2 Å². The van der Waals surface area contributed by atoms with Crippen LogP contribution < -0.4 is 9.47 Å². The molecule has 5 atom stereocenters. The number of methoxy groups -OCH3 is 1. The van der Waals surface area contributed by atoms with Crippen LogP contribution in [0.1, 0.15) is 67.9 Å². The number of nitrogens with zero attached hydrogens (tertiary/aromatic N) is 2. The van der Waals surface area contributed by atoms with Gasteiger partial charge in [0.05, 0.1) is 30.2 Å². The number of carbonyl (C=O) groups excluding carboxylic acids is 2. The lowest BCUT2D eigenvalue weighted by Gasteiger charge is -2.65. The average Bonchev–Trinajstić information content (AvgIpc) is 3.45. The number of carbonyl (C=O) groups is 2. The highest BCUT2D eigenvalue weighted by Gasteiger charge is 2.75. The summed E-state index contributed by atoms with van der Waals surface area (Å²) < 4.78 is 59.0. The Kier molecular flexibility index (Phi) is 9.07. The van der Waals surface area contributed by atoms with Crippen molar-refractivity contribution in [2.75, 3.05) is 26.7 Å². The Hall–Kier alpha value is -4.49. The fourth-order valence-corrected chi connectivity index (χ4v) is 9.40. The van der Waals surface area contributed by atoms with E-state index in [2.05, 4.69) is 34.9 Å². The van der Waals surface area contributed by atoms with Gasteiger partial charge in [0.25, 0.3) is 5.91 Å². The molecule has 7 rings (SSSR count). The zero-order valence-electron chi connectivity index (χ0n) is 29.4. The van der Waals surface area contributed by atoms with E-state index in [9.17, 15) is 22.8 Å². The maximum atomic E-state index is 14.1. The topological polar surface area (TPSA) is 68.3 Å². The Bertz CT molecular complexity index is 1870. The first-order valence-electron chi connectivity index (χ1n) is 17.7. The quantitative estimate of drug-likeness (QED) is 0.195. The Morgan fingerprint density at radius 2 is 1.80 bits per heavy atom. The molecule has 3 aromatic rings. The summed E-state index contributed by atoms with van der Waals surface area (Å²) in [4.78, 5) is 31.5. The molecule has 0 N–H and O–H groups in total. The van der Waals surface area contributed by atoms with Crippen molar-refractivity contribution in [3.05, 3.63) is 94.5 Å². The number of alkyl halides is 3. The fraction of sp³-hybridized carbons (Fsp3) is 0.463. The lowest BCUT2D eigenvalue weighted by molar-refractivity contribution is -0.224. The monoisotopic (exact) mass is 700 g/mol. The van der Waals surface area contributed by atoms with Crippen LogP contribution in [-0.4, -0.2) is 72.2 Å². The number of hydrogen-bond donors (Lipinski definition) is 0. The molecule has 2 aliphatic carbocycles. The number of amides is 1. The van der Waals surface area contributed by atoms with Gasteiger partial charge in [0.2, 0.25) is 0 Å². The summed E-state index contributed by atoms with van der Waals surface area (Å²) in [6, 6.07) is 18.4. The summed E-state index contributed by atoms with van der Waals surface area (Å²) in [7, 11) is 1.61. The highest BCUT2D eigenvalue weighted by atomic mass is 19.4. The second kappa shape index (κ2) is 13.2. The predicted molar refractivity (Wildman–Crippen MR) is 185 cm³/mol. The molecule has 10 heteroatoms. The van der Waals surface area contributed by atoms with Crippen molar-refractivity contribution >= 4 is 11.9 Å². The molecule has 0 radical (unpaired) electrons. The number of ether oxygens (including phenoxy) is 3. The summed E-state index contributed by atoms with van der Waals surface area (Å²) in [6.45, 7) is 7.49. The van der Waals surface area contributed by atoms with Crippen LogP contribution in [0.5, 0.6) is 11.5 Å². The standard InChI is InChI=1S/C41H43F3N2O5/c1-26(2)25-46(35(48)17-12-29-10-14-31(15-11-29)41(42,43)44)32-18-20-40(51-27(3)47)34-24-30-13-16-33(49-4)37-36(30)39(40,38(32)50-37)21-23-45(34)22-19-28-8-6-5-7-9-28/h5-11,13-16,26,32,34,38H,18-25H2,1-4H3/t32-,34+,38-,39-,40+/m0/s1. The van der Waals surface area contributed by atoms with Crippen molar-refractivity contribution in [2.24, 2.45) is 5.92 Å². The molecule has 3 aromatic carbocycles. The fourth-order valence-electron chi connectivity index (χ4n) is 9.40. The molecule has 2 bridgehead atoms. The van der Waals surface area contributed by atoms with Crippen molar-refractivity contribution in [1.82, 2.24) is 9.80 Å². The summed E-state index contributed by atoms with van der Waals surface area (Å²) in [5, 5.41) is 0. The SMILES string of the molecule is COc1ccc2c3c1O[C@H]1[C@@H](N(CC(C)C)C(=O)C#Cc4ccc(C(F)(F)F)cc4)CC[C@@]4(OC(C)=O)[C@@H](C2)N(CCc2ccccc2)CC[C@]314. The van der Waals surface area contributed by atoms with Gasteiger partial charge in [-0.05, 0) is 86.0 Å². The van der Waals surface area contributed by atoms with Gasteiger partial charge in [0.15, 0.2) is 11.5 Å². The van der Waals surface area contributed by atoms with E-state index in [0.717, 1.165) is 42.8 Å². The molecule has 4 aliphatic rings. The van der Waals surface area contributed by atoms with Crippen LogP contribution in [0.25, 0.3) is 0 Å². The van der Waals surface area contributed by atoms with E-state index in [1.54, 1.807) is 12.0 Å². The minimum Gasteiger partial charge on any atom is -0.493 e. The number of esters is 1. The first-order valence-corrected chi connectivity index (χ1v) is 17.7. The first kappa shape index (κ1) is 34.9. The van der Waals surface area contributed by atoms with E-state index in [4.69, 9.17) is 14.2 Å². The largest absolute Gasteiger partial charge is 0.493 e. The zero-order valence-corrected chi connectivity index (χ0v) is 29.4. The molecule has 268 valence electrons. The Balaban J connectivity index is 1.29. The third-order valence-corrected chi connectivity index (χ3v) is 11.3. The van der Waals surface area contributed by atoms with Crippen LogP contribution in [0.2, 0.25) is 0 Å². The average molecular weight is 701 g/mol. The van der Waals surface area contributed by atoms with Gasteiger partial charge in [0, 0.05) is 37.1 Å². The molecule has 1 amide bonds. The van der Waals surface area contributed by atoms with E-state index < -0.39 is 40.8 Å². The van der Waals surface area contributed by atoms with Crippen molar-refractivity contribution in [1.29, 1.82) is 0 Å². The lowest BCUT2D eigenvalue weighted by Crippen LogP contribution is -2.79. The number of halogens is 3. The first-order chi connectivity index (χ1) is 24.4. The molecule has 2 heterocycles. The van der Waals surface area contributed by atoms with Crippen LogP contribution in [0.3, 0.4) is 0 Å². The third kappa shape index (κ3) is 5.93. The number of rotatable bonds is 8. The van der Waals surface area contributed by atoms with Crippen LogP contribution in [0.15, 0.2) is 66.7 Å². The maximum absolute atomic E-state index is 14.1. The molecule has 1 saturated carbocycles. The van der Waals surface area contributed by atoms with Gasteiger partial charge in [-0.15, -0.1) is 0 Å². The number of hydrogen-bond acceptors (Lipinski definition) is 6.